The molecule has 104 valence electrons. The molecule has 1 amide bonds. The van der Waals surface area contributed by atoms with Crippen molar-refractivity contribution >= 4 is 11.6 Å². The normalized spacial score (nSPS) is 11.9. The van der Waals surface area contributed by atoms with E-state index in [4.69, 9.17) is 5.73 Å². The molecule has 0 heterocycles. The predicted octanol–water partition coefficient (Wildman–Crippen LogP) is 3.21. The topological polar surface area (TPSA) is 55.1 Å². The Hall–Kier alpha value is -2.36. The van der Waals surface area contributed by atoms with Crippen molar-refractivity contribution in [3.8, 4) is 0 Å². The van der Waals surface area contributed by atoms with Crippen molar-refractivity contribution in [2.75, 3.05) is 5.73 Å². The van der Waals surface area contributed by atoms with Crippen molar-refractivity contribution in [3.05, 3.63) is 65.0 Å². The maximum Gasteiger partial charge on any atom is 0.253 e. The summed E-state index contributed by atoms with van der Waals surface area (Å²) in [6.07, 6.45) is 0. The number of rotatable bonds is 3. The van der Waals surface area contributed by atoms with Crippen molar-refractivity contribution in [2.24, 2.45) is 0 Å². The fourth-order valence-corrected chi connectivity index (χ4v) is 1.95. The zero-order chi connectivity index (χ0) is 14.7. The van der Waals surface area contributed by atoms with Gasteiger partial charge in [0.25, 0.3) is 5.91 Å². The number of nitrogens with one attached hydrogen (secondary N) is 1. The standard InChI is InChI=1S/C16H17FN2O/c1-10-3-5-12(6-4-10)11(2)19-16(20)14-8-7-13(17)9-15(14)18/h3-9,11H,18H2,1-2H3,(H,19,20)/t11-/m1/s1. The molecule has 2 rings (SSSR count). The largest absolute Gasteiger partial charge is 0.398 e. The van der Waals surface area contributed by atoms with Gasteiger partial charge in [0.05, 0.1) is 11.6 Å². The lowest BCUT2D eigenvalue weighted by molar-refractivity contribution is 0.0941. The Morgan fingerprint density at radius 3 is 2.45 bits per heavy atom. The van der Waals surface area contributed by atoms with Crippen molar-refractivity contribution in [1.29, 1.82) is 0 Å². The molecule has 0 saturated carbocycles. The van der Waals surface area contributed by atoms with Crippen LogP contribution in [0.4, 0.5) is 10.1 Å². The summed E-state index contributed by atoms with van der Waals surface area (Å²) in [5.74, 6) is -0.763. The van der Waals surface area contributed by atoms with Gasteiger partial charge in [-0.2, -0.15) is 0 Å². The summed E-state index contributed by atoms with van der Waals surface area (Å²) in [6, 6.07) is 11.5. The highest BCUT2D eigenvalue weighted by Crippen LogP contribution is 2.17. The number of anilines is 1. The van der Waals surface area contributed by atoms with E-state index in [1.807, 2.05) is 38.1 Å². The summed E-state index contributed by atoms with van der Waals surface area (Å²) >= 11 is 0. The van der Waals surface area contributed by atoms with Crippen LogP contribution in [-0.4, -0.2) is 5.91 Å². The number of amides is 1. The first-order chi connectivity index (χ1) is 9.47. The summed E-state index contributed by atoms with van der Waals surface area (Å²) in [6.45, 7) is 3.90. The van der Waals surface area contributed by atoms with Crippen LogP contribution in [0.1, 0.15) is 34.5 Å². The first-order valence-corrected chi connectivity index (χ1v) is 6.40. The van der Waals surface area contributed by atoms with Gasteiger partial charge in [-0.1, -0.05) is 29.8 Å². The Morgan fingerprint density at radius 1 is 1.20 bits per heavy atom. The Balaban J connectivity index is 2.13. The van der Waals surface area contributed by atoms with Crippen LogP contribution in [0.3, 0.4) is 0 Å². The van der Waals surface area contributed by atoms with Gasteiger partial charge in [-0.15, -0.1) is 0 Å². The molecule has 0 aliphatic rings. The number of carbonyl (C=O) groups excluding carboxylic acids is 1. The number of carbonyl (C=O) groups is 1. The second-order valence-electron chi connectivity index (χ2n) is 4.84. The minimum absolute atomic E-state index is 0.138. The number of nitrogens with two attached hydrogens (primary N) is 1. The molecule has 0 aliphatic carbocycles. The molecule has 0 unspecified atom stereocenters. The average molecular weight is 272 g/mol. The van der Waals surface area contributed by atoms with Crippen LogP contribution in [0, 0.1) is 12.7 Å². The molecule has 2 aromatic carbocycles. The third-order valence-electron chi connectivity index (χ3n) is 3.18. The molecule has 2 aromatic rings. The maximum atomic E-state index is 13.0. The van der Waals surface area contributed by atoms with Gasteiger partial charge in [0.15, 0.2) is 0 Å². The van der Waals surface area contributed by atoms with E-state index in [1.54, 1.807) is 0 Å². The predicted molar refractivity (Wildman–Crippen MR) is 77.9 cm³/mol. The Labute approximate surface area is 117 Å². The van der Waals surface area contributed by atoms with Gasteiger partial charge in [-0.3, -0.25) is 4.79 Å². The maximum absolute atomic E-state index is 13.0. The van der Waals surface area contributed by atoms with E-state index in [9.17, 15) is 9.18 Å². The summed E-state index contributed by atoms with van der Waals surface area (Å²) in [4.78, 5) is 12.1. The van der Waals surface area contributed by atoms with Crippen LogP contribution < -0.4 is 11.1 Å². The first-order valence-electron chi connectivity index (χ1n) is 6.40. The molecule has 3 nitrogen and oxygen atoms in total. The van der Waals surface area contributed by atoms with E-state index >= 15 is 0 Å². The molecule has 0 radical (unpaired) electrons. The lowest BCUT2D eigenvalue weighted by atomic mass is 10.1. The van der Waals surface area contributed by atoms with Gasteiger partial charge in [-0.25, -0.2) is 4.39 Å². The minimum atomic E-state index is -0.453. The van der Waals surface area contributed by atoms with E-state index in [2.05, 4.69) is 5.32 Å². The van der Waals surface area contributed by atoms with E-state index < -0.39 is 5.82 Å². The molecule has 0 aromatic heterocycles. The highest BCUT2D eigenvalue weighted by Gasteiger charge is 2.14. The SMILES string of the molecule is Cc1ccc([C@@H](C)NC(=O)c2ccc(F)cc2N)cc1. The van der Waals surface area contributed by atoms with Crippen molar-refractivity contribution < 1.29 is 9.18 Å². The first kappa shape index (κ1) is 14.1. The molecule has 3 N–H and O–H groups in total. The lowest BCUT2D eigenvalue weighted by Crippen LogP contribution is -2.27. The molecule has 20 heavy (non-hydrogen) atoms. The molecule has 1 atom stereocenters. The molecular weight excluding hydrogens is 255 g/mol. The van der Waals surface area contributed by atoms with E-state index in [1.165, 1.54) is 12.1 Å². The highest BCUT2D eigenvalue weighted by atomic mass is 19.1. The summed E-state index contributed by atoms with van der Waals surface area (Å²) in [5.41, 5.74) is 8.24. The number of aryl methyl sites for hydroxylation is 1. The lowest BCUT2D eigenvalue weighted by Gasteiger charge is -2.15. The van der Waals surface area contributed by atoms with Crippen LogP contribution in [0.15, 0.2) is 42.5 Å². The number of halogens is 1. The Morgan fingerprint density at radius 2 is 1.85 bits per heavy atom. The fraction of sp³-hybridized carbons (Fsp3) is 0.188. The van der Waals surface area contributed by atoms with Crippen molar-refractivity contribution in [3.63, 3.8) is 0 Å². The van der Waals surface area contributed by atoms with Gasteiger partial charge < -0.3 is 11.1 Å². The highest BCUT2D eigenvalue weighted by molar-refractivity contribution is 5.99. The van der Waals surface area contributed by atoms with Crippen LogP contribution >= 0.6 is 0 Å². The second-order valence-corrected chi connectivity index (χ2v) is 4.84. The summed E-state index contributed by atoms with van der Waals surface area (Å²) < 4.78 is 13.0. The molecular formula is C16H17FN2O. The van der Waals surface area contributed by atoms with Gasteiger partial charge >= 0.3 is 0 Å². The zero-order valence-electron chi connectivity index (χ0n) is 11.5. The van der Waals surface area contributed by atoms with Gasteiger partial charge in [0, 0.05) is 5.69 Å². The monoisotopic (exact) mass is 272 g/mol. The zero-order valence-corrected chi connectivity index (χ0v) is 11.5. The smallest absolute Gasteiger partial charge is 0.253 e. The quantitative estimate of drug-likeness (QED) is 0.843. The average Bonchev–Trinajstić information content (AvgIpc) is 2.39. The number of benzene rings is 2. The molecule has 0 bridgehead atoms. The molecule has 0 spiro atoms. The third-order valence-corrected chi connectivity index (χ3v) is 3.18. The van der Waals surface area contributed by atoms with E-state index in [-0.39, 0.29) is 23.2 Å². The van der Waals surface area contributed by atoms with E-state index in [0.29, 0.717) is 0 Å². The Kier molecular flexibility index (Phi) is 4.03. The second kappa shape index (κ2) is 5.74. The minimum Gasteiger partial charge on any atom is -0.398 e. The van der Waals surface area contributed by atoms with Crippen LogP contribution in [0.25, 0.3) is 0 Å². The molecule has 0 aliphatic heterocycles. The van der Waals surface area contributed by atoms with Gasteiger partial charge in [-0.05, 0) is 37.6 Å². The number of hydrogen-bond donors (Lipinski definition) is 2. The van der Waals surface area contributed by atoms with Crippen LogP contribution in [-0.2, 0) is 0 Å². The number of hydrogen-bond acceptors (Lipinski definition) is 2. The summed E-state index contributed by atoms with van der Waals surface area (Å²) in [5, 5.41) is 2.85. The summed E-state index contributed by atoms with van der Waals surface area (Å²) in [7, 11) is 0. The molecule has 0 saturated heterocycles. The van der Waals surface area contributed by atoms with Crippen LogP contribution in [0.5, 0.6) is 0 Å². The van der Waals surface area contributed by atoms with Crippen molar-refractivity contribution in [1.82, 2.24) is 5.32 Å². The Bertz CT molecular complexity index is 623. The van der Waals surface area contributed by atoms with Gasteiger partial charge in [0.1, 0.15) is 5.82 Å². The van der Waals surface area contributed by atoms with Gasteiger partial charge in [0.2, 0.25) is 0 Å². The third kappa shape index (κ3) is 3.15. The fourth-order valence-electron chi connectivity index (χ4n) is 1.95. The van der Waals surface area contributed by atoms with E-state index in [0.717, 1.165) is 17.2 Å². The number of nitrogen functional groups attached to an aromatic ring is 1. The van der Waals surface area contributed by atoms with Crippen LogP contribution in [0.2, 0.25) is 0 Å². The van der Waals surface area contributed by atoms with Crippen molar-refractivity contribution in [2.45, 2.75) is 19.9 Å². The molecule has 0 fully saturated rings. The molecule has 4 heteroatoms.